The van der Waals surface area contributed by atoms with Crippen LogP contribution in [0.5, 0.6) is 0 Å². The molecule has 2 aromatic rings. The number of rotatable bonds is 3. The first kappa shape index (κ1) is 17.4. The predicted molar refractivity (Wildman–Crippen MR) is 91.3 cm³/mol. The molecular weight excluding hydrogens is 316 g/mol. The first-order valence-corrected chi connectivity index (χ1v) is 7.54. The topological polar surface area (TPSA) is 75.5 Å². The van der Waals surface area contributed by atoms with Crippen molar-refractivity contribution in [2.75, 3.05) is 19.6 Å². The van der Waals surface area contributed by atoms with Crippen molar-refractivity contribution >= 4 is 24.0 Å². The van der Waals surface area contributed by atoms with Crippen molar-refractivity contribution in [3.8, 4) is 0 Å². The van der Waals surface area contributed by atoms with Crippen molar-refractivity contribution in [3.63, 3.8) is 0 Å². The molecule has 0 unspecified atom stereocenters. The van der Waals surface area contributed by atoms with Gasteiger partial charge in [0.2, 0.25) is 0 Å². The van der Waals surface area contributed by atoms with Gasteiger partial charge in [-0.15, -0.1) is 12.4 Å². The normalized spacial score (nSPS) is 16.6. The second kappa shape index (κ2) is 7.10. The zero-order valence-electron chi connectivity index (χ0n) is 13.0. The smallest absolute Gasteiger partial charge is 0.270 e. The number of carbonyl (C=O) groups is 1. The first-order valence-electron chi connectivity index (χ1n) is 7.54. The summed E-state index contributed by atoms with van der Waals surface area (Å²) in [6.45, 7) is 4.67. The van der Waals surface area contributed by atoms with Crippen LogP contribution in [-0.2, 0) is 0 Å². The summed E-state index contributed by atoms with van der Waals surface area (Å²) in [6.07, 6.45) is 5.01. The van der Waals surface area contributed by atoms with E-state index < -0.39 is 0 Å². The molecule has 0 atom stereocenters. The maximum Gasteiger partial charge on any atom is 0.270 e. The van der Waals surface area contributed by atoms with E-state index in [1.54, 1.807) is 24.4 Å². The molecular formula is C16H21ClN4O2. The third kappa shape index (κ3) is 3.71. The molecule has 7 heteroatoms. The minimum Gasteiger partial charge on any atom is -0.351 e. The first-order chi connectivity index (χ1) is 10.6. The summed E-state index contributed by atoms with van der Waals surface area (Å²) in [7, 11) is 0. The second-order valence-electron chi connectivity index (χ2n) is 6.15. The Bertz CT molecular complexity index is 753. The van der Waals surface area contributed by atoms with E-state index >= 15 is 0 Å². The summed E-state index contributed by atoms with van der Waals surface area (Å²) in [6, 6.07) is 5.28. The Hall–Kier alpha value is -1.92. The Kier molecular flexibility index (Phi) is 5.38. The Labute approximate surface area is 140 Å². The van der Waals surface area contributed by atoms with Crippen molar-refractivity contribution in [3.05, 3.63) is 46.5 Å². The maximum absolute atomic E-state index is 12.4. The highest BCUT2D eigenvalue weighted by atomic mass is 35.5. The molecule has 0 aromatic carbocycles. The van der Waals surface area contributed by atoms with Crippen LogP contribution < -0.4 is 16.2 Å². The van der Waals surface area contributed by atoms with E-state index in [4.69, 9.17) is 0 Å². The largest absolute Gasteiger partial charge is 0.351 e. The molecule has 1 amide bonds. The summed E-state index contributed by atoms with van der Waals surface area (Å²) in [5, 5.41) is 6.21. The van der Waals surface area contributed by atoms with Gasteiger partial charge in [0.25, 0.3) is 11.5 Å². The molecule has 1 aliphatic rings. The Morgan fingerprint density at radius 2 is 2.13 bits per heavy atom. The fourth-order valence-corrected chi connectivity index (χ4v) is 2.78. The van der Waals surface area contributed by atoms with Crippen molar-refractivity contribution in [1.82, 2.24) is 20.0 Å². The lowest BCUT2D eigenvalue weighted by Crippen LogP contribution is -2.43. The summed E-state index contributed by atoms with van der Waals surface area (Å²) in [5.74, 6) is -0.351. The van der Waals surface area contributed by atoms with Crippen LogP contribution >= 0.6 is 12.4 Å². The van der Waals surface area contributed by atoms with Gasteiger partial charge in [-0.1, -0.05) is 13.0 Å². The lowest BCUT2D eigenvalue weighted by molar-refractivity contribution is 0.0920. The quantitative estimate of drug-likeness (QED) is 0.884. The molecule has 1 fully saturated rings. The van der Waals surface area contributed by atoms with Crippen LogP contribution in [0.1, 0.15) is 30.1 Å². The number of hydrogen-bond donors (Lipinski definition) is 2. The highest BCUT2D eigenvalue weighted by Gasteiger charge is 2.27. The lowest BCUT2D eigenvalue weighted by atomic mass is 9.81. The van der Waals surface area contributed by atoms with Crippen LogP contribution in [0.4, 0.5) is 0 Å². The van der Waals surface area contributed by atoms with Gasteiger partial charge in [0.1, 0.15) is 11.2 Å². The van der Waals surface area contributed by atoms with Gasteiger partial charge in [-0.25, -0.2) is 4.98 Å². The summed E-state index contributed by atoms with van der Waals surface area (Å²) in [5.41, 5.74) is 0.371. The highest BCUT2D eigenvalue weighted by Crippen LogP contribution is 2.26. The molecule has 1 saturated heterocycles. The summed E-state index contributed by atoms with van der Waals surface area (Å²) >= 11 is 0. The van der Waals surface area contributed by atoms with Gasteiger partial charge in [-0.2, -0.15) is 0 Å². The molecule has 6 nitrogen and oxygen atoms in total. The molecule has 0 radical (unpaired) electrons. The summed E-state index contributed by atoms with van der Waals surface area (Å²) < 4.78 is 1.39. The summed E-state index contributed by atoms with van der Waals surface area (Å²) in [4.78, 5) is 28.8. The van der Waals surface area contributed by atoms with Crippen molar-refractivity contribution in [2.24, 2.45) is 5.41 Å². The Balaban J connectivity index is 0.00000192. The molecule has 124 valence electrons. The molecule has 0 aliphatic carbocycles. The number of carbonyl (C=O) groups excluding carboxylic acids is 1. The van der Waals surface area contributed by atoms with E-state index in [1.165, 1.54) is 10.6 Å². The third-order valence-corrected chi connectivity index (χ3v) is 4.34. The number of fused-ring (bicyclic) bond motifs is 1. The van der Waals surface area contributed by atoms with Crippen molar-refractivity contribution in [2.45, 2.75) is 19.8 Å². The number of nitrogens with one attached hydrogen (secondary N) is 2. The number of pyridine rings is 1. The number of amides is 1. The Morgan fingerprint density at radius 3 is 2.87 bits per heavy atom. The molecule has 2 aromatic heterocycles. The number of halogens is 1. The Morgan fingerprint density at radius 1 is 1.39 bits per heavy atom. The van der Waals surface area contributed by atoms with Crippen LogP contribution in [0.15, 0.2) is 35.4 Å². The van der Waals surface area contributed by atoms with Gasteiger partial charge in [0.05, 0.1) is 0 Å². The van der Waals surface area contributed by atoms with Crippen molar-refractivity contribution in [1.29, 1.82) is 0 Å². The van der Waals surface area contributed by atoms with Crippen LogP contribution in [0.3, 0.4) is 0 Å². The predicted octanol–water partition coefficient (Wildman–Crippen LogP) is 1.24. The van der Waals surface area contributed by atoms with E-state index in [9.17, 15) is 9.59 Å². The number of nitrogens with zero attached hydrogens (tertiary/aromatic N) is 2. The maximum atomic E-state index is 12.4. The van der Waals surface area contributed by atoms with Gasteiger partial charge >= 0.3 is 0 Å². The standard InChI is InChI=1S/C16H20N4O2.ClH/c1-16(5-7-17-8-6-16)11-19-14(21)12-10-18-13-4-2-3-9-20(13)15(12)22;/h2-4,9-10,17H,5-8,11H2,1H3,(H,19,21);1H. The number of piperidine rings is 1. The number of hydrogen-bond acceptors (Lipinski definition) is 4. The van der Waals surface area contributed by atoms with Crippen LogP contribution in [0.25, 0.3) is 5.65 Å². The van der Waals surface area contributed by atoms with Crippen LogP contribution in [0.2, 0.25) is 0 Å². The minimum atomic E-state index is -0.351. The van der Waals surface area contributed by atoms with E-state index in [2.05, 4.69) is 22.5 Å². The molecule has 0 saturated carbocycles. The van der Waals surface area contributed by atoms with Gasteiger partial charge in [-0.3, -0.25) is 14.0 Å². The fourth-order valence-electron chi connectivity index (χ4n) is 2.78. The molecule has 2 N–H and O–H groups in total. The average molecular weight is 337 g/mol. The van der Waals surface area contributed by atoms with E-state index in [0.29, 0.717) is 12.2 Å². The molecule has 0 bridgehead atoms. The molecule has 3 rings (SSSR count). The highest BCUT2D eigenvalue weighted by molar-refractivity contribution is 5.93. The SMILES string of the molecule is CC1(CNC(=O)c2cnc3ccccn3c2=O)CCNCC1.Cl. The zero-order chi connectivity index (χ0) is 15.6. The lowest BCUT2D eigenvalue weighted by Gasteiger charge is -2.34. The van der Waals surface area contributed by atoms with Crippen LogP contribution in [0, 0.1) is 5.41 Å². The van der Waals surface area contributed by atoms with Gasteiger partial charge in [-0.05, 0) is 43.5 Å². The monoisotopic (exact) mass is 336 g/mol. The van der Waals surface area contributed by atoms with E-state index in [-0.39, 0.29) is 34.9 Å². The fraction of sp³-hybridized carbons (Fsp3) is 0.438. The molecule has 3 heterocycles. The molecule has 23 heavy (non-hydrogen) atoms. The number of aromatic nitrogens is 2. The zero-order valence-corrected chi connectivity index (χ0v) is 13.9. The molecule has 0 spiro atoms. The molecule has 1 aliphatic heterocycles. The van der Waals surface area contributed by atoms with Gasteiger partial charge in [0.15, 0.2) is 0 Å². The van der Waals surface area contributed by atoms with Crippen molar-refractivity contribution < 1.29 is 4.79 Å². The second-order valence-corrected chi connectivity index (χ2v) is 6.15. The minimum absolute atomic E-state index is 0. The van der Waals surface area contributed by atoms with E-state index in [1.807, 2.05) is 0 Å². The van der Waals surface area contributed by atoms with E-state index in [0.717, 1.165) is 25.9 Å². The van der Waals surface area contributed by atoms with Crippen LogP contribution in [-0.4, -0.2) is 34.9 Å². The average Bonchev–Trinajstić information content (AvgIpc) is 2.54. The van der Waals surface area contributed by atoms with Gasteiger partial charge < -0.3 is 10.6 Å². The third-order valence-electron chi connectivity index (χ3n) is 4.34. The van der Waals surface area contributed by atoms with Gasteiger partial charge in [0, 0.05) is 18.9 Å².